The number of fused-ring (bicyclic) bond motifs is 1. The maximum atomic E-state index is 9.30. The number of nitriles is 1. The second-order valence-electron chi connectivity index (χ2n) is 5.62. The van der Waals surface area contributed by atoms with E-state index in [1.807, 2.05) is 36.4 Å². The fourth-order valence-electron chi connectivity index (χ4n) is 2.67. The Hall–Kier alpha value is -1.99. The summed E-state index contributed by atoms with van der Waals surface area (Å²) in [5.41, 5.74) is 2.18. The van der Waals surface area contributed by atoms with Crippen molar-refractivity contribution in [1.29, 1.82) is 5.26 Å². The van der Waals surface area contributed by atoms with Crippen LogP contribution in [0.3, 0.4) is 0 Å². The van der Waals surface area contributed by atoms with E-state index in [2.05, 4.69) is 47.2 Å². The molecule has 21 heavy (non-hydrogen) atoms. The molecule has 0 amide bonds. The molecule has 4 heteroatoms. The molecular weight excluding hydrogens is 328 g/mol. The number of para-hydroxylation sites is 1. The quantitative estimate of drug-likeness (QED) is 0.864. The van der Waals surface area contributed by atoms with Crippen molar-refractivity contribution in [2.24, 2.45) is 0 Å². The van der Waals surface area contributed by atoms with Crippen LogP contribution in [0.5, 0.6) is 5.75 Å². The van der Waals surface area contributed by atoms with Crippen LogP contribution in [0.4, 0.5) is 5.69 Å². The summed E-state index contributed by atoms with van der Waals surface area (Å²) in [4.78, 5) is 0. The van der Waals surface area contributed by atoms with Crippen LogP contribution in [0.15, 0.2) is 46.9 Å². The first-order valence-corrected chi connectivity index (χ1v) is 7.55. The van der Waals surface area contributed by atoms with Crippen molar-refractivity contribution in [2.75, 3.05) is 5.32 Å². The molecule has 1 aliphatic heterocycles. The number of nitrogens with zero attached hydrogens (tertiary/aromatic N) is 1. The molecule has 0 radical (unpaired) electrons. The first-order chi connectivity index (χ1) is 10.0. The van der Waals surface area contributed by atoms with Gasteiger partial charge in [0.15, 0.2) is 0 Å². The van der Waals surface area contributed by atoms with Crippen molar-refractivity contribution < 1.29 is 4.74 Å². The Labute approximate surface area is 132 Å². The van der Waals surface area contributed by atoms with Gasteiger partial charge in [0, 0.05) is 10.0 Å². The standard InChI is InChI=1S/C17H15BrN2O/c1-17(2)16(13-5-3-4-6-15(13)21-17)20-14-8-7-12(18)9-11(14)10-19/h3-9,16,20H,1-2H3. The monoisotopic (exact) mass is 342 g/mol. The minimum absolute atomic E-state index is 0.00183. The van der Waals surface area contributed by atoms with Crippen LogP contribution in [0.25, 0.3) is 0 Å². The fourth-order valence-corrected chi connectivity index (χ4v) is 3.03. The van der Waals surface area contributed by atoms with Gasteiger partial charge >= 0.3 is 0 Å². The first kappa shape index (κ1) is 14.0. The lowest BCUT2D eigenvalue weighted by Gasteiger charge is -2.28. The van der Waals surface area contributed by atoms with Gasteiger partial charge in [0.2, 0.25) is 0 Å². The van der Waals surface area contributed by atoms with Crippen molar-refractivity contribution in [3.8, 4) is 11.8 Å². The predicted molar refractivity (Wildman–Crippen MR) is 86.4 cm³/mol. The summed E-state index contributed by atoms with van der Waals surface area (Å²) in [7, 11) is 0. The van der Waals surface area contributed by atoms with Crippen molar-refractivity contribution in [3.63, 3.8) is 0 Å². The highest BCUT2D eigenvalue weighted by Crippen LogP contribution is 2.44. The van der Waals surface area contributed by atoms with Gasteiger partial charge in [0.1, 0.15) is 17.4 Å². The van der Waals surface area contributed by atoms with E-state index in [-0.39, 0.29) is 11.6 Å². The highest BCUT2D eigenvalue weighted by atomic mass is 79.9. The Morgan fingerprint density at radius 1 is 1.24 bits per heavy atom. The maximum Gasteiger partial charge on any atom is 0.128 e. The van der Waals surface area contributed by atoms with Gasteiger partial charge in [-0.25, -0.2) is 0 Å². The lowest BCUT2D eigenvalue weighted by atomic mass is 9.94. The molecule has 1 aliphatic rings. The molecule has 106 valence electrons. The Bertz CT molecular complexity index is 734. The number of hydrogen-bond donors (Lipinski definition) is 1. The van der Waals surface area contributed by atoms with Crippen LogP contribution < -0.4 is 10.1 Å². The lowest BCUT2D eigenvalue weighted by molar-refractivity contribution is 0.118. The van der Waals surface area contributed by atoms with E-state index in [9.17, 15) is 5.26 Å². The van der Waals surface area contributed by atoms with E-state index >= 15 is 0 Å². The van der Waals surface area contributed by atoms with E-state index in [1.54, 1.807) is 0 Å². The Balaban J connectivity index is 2.00. The number of rotatable bonds is 2. The molecule has 1 unspecified atom stereocenters. The number of nitrogens with one attached hydrogen (secondary N) is 1. The van der Waals surface area contributed by atoms with Gasteiger partial charge in [-0.1, -0.05) is 34.1 Å². The third kappa shape index (κ3) is 2.50. The molecule has 1 N–H and O–H groups in total. The highest BCUT2D eigenvalue weighted by molar-refractivity contribution is 9.10. The minimum Gasteiger partial charge on any atom is -0.485 e. The van der Waals surface area contributed by atoms with Crippen LogP contribution in [-0.4, -0.2) is 5.60 Å². The van der Waals surface area contributed by atoms with Gasteiger partial charge in [0.05, 0.1) is 17.3 Å². The molecule has 2 aromatic carbocycles. The topological polar surface area (TPSA) is 45.0 Å². The average Bonchev–Trinajstić information content (AvgIpc) is 2.71. The fraction of sp³-hybridized carbons (Fsp3) is 0.235. The third-order valence-electron chi connectivity index (χ3n) is 3.70. The summed E-state index contributed by atoms with van der Waals surface area (Å²) in [6, 6.07) is 15.9. The predicted octanol–water partition coefficient (Wildman–Crippen LogP) is 4.64. The van der Waals surface area contributed by atoms with Crippen LogP contribution in [0, 0.1) is 11.3 Å². The number of hydrogen-bond acceptors (Lipinski definition) is 3. The van der Waals surface area contributed by atoms with Crippen LogP contribution >= 0.6 is 15.9 Å². The van der Waals surface area contributed by atoms with Crippen LogP contribution in [0.2, 0.25) is 0 Å². The molecular formula is C17H15BrN2O. The summed E-state index contributed by atoms with van der Waals surface area (Å²) in [6.07, 6.45) is 0. The number of anilines is 1. The Kier molecular flexibility index (Phi) is 3.38. The number of ether oxygens (including phenoxy) is 1. The lowest BCUT2D eigenvalue weighted by Crippen LogP contribution is -2.34. The summed E-state index contributed by atoms with van der Waals surface area (Å²) in [5.74, 6) is 0.899. The molecule has 0 fully saturated rings. The minimum atomic E-state index is -0.372. The SMILES string of the molecule is CC1(C)Oc2ccccc2C1Nc1ccc(Br)cc1C#N. The summed E-state index contributed by atoms with van der Waals surface area (Å²) in [5, 5.41) is 12.8. The van der Waals surface area contributed by atoms with Crippen LogP contribution in [-0.2, 0) is 0 Å². The van der Waals surface area contributed by atoms with Crippen molar-refractivity contribution in [2.45, 2.75) is 25.5 Å². The molecule has 0 aliphatic carbocycles. The Morgan fingerprint density at radius 3 is 2.76 bits per heavy atom. The number of benzene rings is 2. The zero-order valence-corrected chi connectivity index (χ0v) is 13.4. The molecule has 0 aromatic heterocycles. The largest absolute Gasteiger partial charge is 0.485 e. The van der Waals surface area contributed by atoms with Crippen LogP contribution in [0.1, 0.15) is 31.0 Å². The van der Waals surface area contributed by atoms with E-state index in [0.29, 0.717) is 5.56 Å². The van der Waals surface area contributed by atoms with E-state index in [4.69, 9.17) is 4.74 Å². The van der Waals surface area contributed by atoms with E-state index < -0.39 is 0 Å². The third-order valence-corrected chi connectivity index (χ3v) is 4.19. The summed E-state index contributed by atoms with van der Waals surface area (Å²) in [6.45, 7) is 4.10. The number of halogens is 1. The smallest absolute Gasteiger partial charge is 0.128 e. The molecule has 0 bridgehead atoms. The first-order valence-electron chi connectivity index (χ1n) is 6.75. The van der Waals surface area contributed by atoms with Gasteiger partial charge in [-0.2, -0.15) is 5.26 Å². The maximum absolute atomic E-state index is 9.30. The molecule has 1 heterocycles. The van der Waals surface area contributed by atoms with Gasteiger partial charge in [0.25, 0.3) is 0 Å². The average molecular weight is 343 g/mol. The zero-order valence-electron chi connectivity index (χ0n) is 11.9. The summed E-state index contributed by atoms with van der Waals surface area (Å²) < 4.78 is 6.92. The molecule has 0 saturated carbocycles. The van der Waals surface area contributed by atoms with Gasteiger partial charge in [-0.05, 0) is 38.1 Å². The van der Waals surface area contributed by atoms with Crippen molar-refractivity contribution in [1.82, 2.24) is 0 Å². The Morgan fingerprint density at radius 2 is 2.00 bits per heavy atom. The van der Waals surface area contributed by atoms with Crippen molar-refractivity contribution in [3.05, 3.63) is 58.1 Å². The van der Waals surface area contributed by atoms with Gasteiger partial charge in [-0.15, -0.1) is 0 Å². The summed E-state index contributed by atoms with van der Waals surface area (Å²) >= 11 is 3.39. The van der Waals surface area contributed by atoms with Gasteiger partial charge in [-0.3, -0.25) is 0 Å². The molecule has 0 spiro atoms. The highest BCUT2D eigenvalue weighted by Gasteiger charge is 2.41. The molecule has 3 rings (SSSR count). The second kappa shape index (κ2) is 5.09. The van der Waals surface area contributed by atoms with Crippen molar-refractivity contribution >= 4 is 21.6 Å². The zero-order chi connectivity index (χ0) is 15.0. The normalized spacial score (nSPS) is 18.5. The molecule has 0 saturated heterocycles. The molecule has 2 aromatic rings. The van der Waals surface area contributed by atoms with E-state index in [0.717, 1.165) is 21.5 Å². The van der Waals surface area contributed by atoms with E-state index in [1.165, 1.54) is 0 Å². The molecule has 1 atom stereocenters. The second-order valence-corrected chi connectivity index (χ2v) is 6.54. The van der Waals surface area contributed by atoms with Gasteiger partial charge < -0.3 is 10.1 Å². The molecule has 3 nitrogen and oxygen atoms in total.